The van der Waals surface area contributed by atoms with Crippen LogP contribution in [0.3, 0.4) is 0 Å². The molecule has 0 radical (unpaired) electrons. The van der Waals surface area contributed by atoms with Crippen LogP contribution in [-0.2, 0) is 27.8 Å². The molecule has 0 fully saturated rings. The van der Waals surface area contributed by atoms with E-state index in [0.717, 1.165) is 10.6 Å². The fourth-order valence-corrected chi connectivity index (χ4v) is 5.70. The predicted octanol–water partition coefficient (Wildman–Crippen LogP) is 2.92. The molecule has 0 aliphatic carbocycles. The summed E-state index contributed by atoms with van der Waals surface area (Å²) in [5.41, 5.74) is 0.816. The lowest BCUT2D eigenvalue weighted by Gasteiger charge is -2.25. The number of aromatic nitrogens is 1. The highest BCUT2D eigenvalue weighted by atomic mass is 32.2. The van der Waals surface area contributed by atoms with Crippen LogP contribution in [-0.4, -0.2) is 43.9 Å². The van der Waals surface area contributed by atoms with Gasteiger partial charge >= 0.3 is 0 Å². The number of sulfonamides is 1. The van der Waals surface area contributed by atoms with Gasteiger partial charge in [0.1, 0.15) is 11.5 Å². The zero-order chi connectivity index (χ0) is 21.8. The Morgan fingerprint density at radius 1 is 1.13 bits per heavy atom. The maximum Gasteiger partial charge on any atom is 0.264 e. The number of anilines is 1. The molecule has 0 spiro atoms. The van der Waals surface area contributed by atoms with Crippen LogP contribution in [0, 0.1) is 0 Å². The summed E-state index contributed by atoms with van der Waals surface area (Å²) >= 11 is 1.28. The molecular weight excluding hydrogens is 438 g/mol. The van der Waals surface area contributed by atoms with Crippen LogP contribution in [0.5, 0.6) is 11.5 Å². The quantitative estimate of drug-likeness (QED) is 0.583. The second-order valence-corrected chi connectivity index (χ2v) is 9.82. The van der Waals surface area contributed by atoms with Gasteiger partial charge in [-0.2, -0.15) is 4.31 Å². The van der Waals surface area contributed by atoms with Gasteiger partial charge < -0.3 is 9.47 Å². The monoisotopic (exact) mass is 459 g/mol. The van der Waals surface area contributed by atoms with Crippen LogP contribution < -0.4 is 14.8 Å². The van der Waals surface area contributed by atoms with Gasteiger partial charge in [-0.25, -0.2) is 13.4 Å². The lowest BCUT2D eigenvalue weighted by atomic mass is 10.2. The third-order valence-electron chi connectivity index (χ3n) is 4.75. The summed E-state index contributed by atoms with van der Waals surface area (Å²) in [6.45, 7) is 0.426. The lowest BCUT2D eigenvalue weighted by Crippen LogP contribution is -2.35. The Morgan fingerprint density at radius 2 is 1.84 bits per heavy atom. The Labute approximate surface area is 184 Å². The minimum Gasteiger partial charge on any atom is -0.497 e. The molecule has 2 aromatic carbocycles. The molecule has 162 valence electrons. The van der Waals surface area contributed by atoms with Gasteiger partial charge in [-0.15, -0.1) is 11.3 Å². The molecule has 0 bridgehead atoms. The topological polar surface area (TPSA) is 97.8 Å². The van der Waals surface area contributed by atoms with Gasteiger partial charge in [0.05, 0.1) is 24.2 Å². The number of carbonyl (C=O) groups is 1. The molecule has 1 amide bonds. The van der Waals surface area contributed by atoms with Crippen molar-refractivity contribution in [3.05, 3.63) is 65.2 Å². The van der Waals surface area contributed by atoms with E-state index in [0.29, 0.717) is 29.6 Å². The summed E-state index contributed by atoms with van der Waals surface area (Å²) < 4.78 is 37.7. The van der Waals surface area contributed by atoms with E-state index in [2.05, 4.69) is 10.3 Å². The molecule has 3 aromatic rings. The predicted molar refractivity (Wildman–Crippen MR) is 117 cm³/mol. The first-order chi connectivity index (χ1) is 15.0. The minimum atomic E-state index is -3.57. The van der Waals surface area contributed by atoms with Crippen molar-refractivity contribution in [3.8, 4) is 11.5 Å². The van der Waals surface area contributed by atoms with E-state index in [4.69, 9.17) is 9.47 Å². The molecular formula is C21H21N3O5S2. The molecule has 31 heavy (non-hydrogen) atoms. The van der Waals surface area contributed by atoms with Gasteiger partial charge in [0.2, 0.25) is 10.0 Å². The maximum absolute atomic E-state index is 12.9. The van der Waals surface area contributed by atoms with Crippen LogP contribution in [0.25, 0.3) is 0 Å². The summed E-state index contributed by atoms with van der Waals surface area (Å²) in [6, 6.07) is 15.3. The van der Waals surface area contributed by atoms with Crippen molar-refractivity contribution in [1.29, 1.82) is 0 Å². The van der Waals surface area contributed by atoms with Crippen molar-refractivity contribution < 1.29 is 22.7 Å². The number of ether oxygens (including phenoxy) is 2. The molecule has 0 atom stereocenters. The Morgan fingerprint density at radius 3 is 2.55 bits per heavy atom. The highest BCUT2D eigenvalue weighted by Gasteiger charge is 2.30. The zero-order valence-electron chi connectivity index (χ0n) is 16.8. The fourth-order valence-electron chi connectivity index (χ4n) is 3.15. The molecule has 1 N–H and O–H groups in total. The van der Waals surface area contributed by atoms with Crippen molar-refractivity contribution in [2.24, 2.45) is 0 Å². The second-order valence-electron chi connectivity index (χ2n) is 6.80. The Balaban J connectivity index is 1.37. The molecule has 0 unspecified atom stereocenters. The number of benzene rings is 2. The third kappa shape index (κ3) is 4.87. The number of nitrogens with zero attached hydrogens (tertiary/aromatic N) is 2. The van der Waals surface area contributed by atoms with E-state index >= 15 is 0 Å². The van der Waals surface area contributed by atoms with E-state index in [1.165, 1.54) is 15.6 Å². The maximum atomic E-state index is 12.9. The van der Waals surface area contributed by atoms with Gasteiger partial charge in [-0.05, 0) is 36.4 Å². The number of hydrogen-bond donors (Lipinski definition) is 1. The van der Waals surface area contributed by atoms with Crippen molar-refractivity contribution in [3.63, 3.8) is 0 Å². The Hall–Kier alpha value is -2.95. The Kier molecular flexibility index (Phi) is 6.21. The van der Waals surface area contributed by atoms with Crippen LogP contribution in [0.1, 0.15) is 10.6 Å². The number of carbonyl (C=O) groups excluding carboxylic acids is 1. The standard InChI is InChI=1S/C21H21N3O5S2/c1-28-15-7-9-16(10-8-15)29-14-20(25)23-21-22-18-11-12-24(13-19(18)30-21)31(26,27)17-5-3-2-4-6-17/h2-10H,11-14H2,1H3,(H,22,23,25). The van der Waals surface area contributed by atoms with E-state index < -0.39 is 10.0 Å². The first kappa shape index (κ1) is 21.3. The number of rotatable bonds is 7. The molecule has 2 heterocycles. The SMILES string of the molecule is COc1ccc(OCC(=O)Nc2nc3c(s2)CN(S(=O)(=O)c2ccccc2)CC3)cc1. The average molecular weight is 460 g/mol. The number of hydrogen-bond acceptors (Lipinski definition) is 7. The average Bonchev–Trinajstić information content (AvgIpc) is 3.20. The number of amides is 1. The van der Waals surface area contributed by atoms with Crippen molar-refractivity contribution >= 4 is 32.4 Å². The largest absolute Gasteiger partial charge is 0.497 e. The molecule has 1 aliphatic heterocycles. The minimum absolute atomic E-state index is 0.162. The molecule has 10 heteroatoms. The van der Waals surface area contributed by atoms with Gasteiger partial charge in [-0.1, -0.05) is 18.2 Å². The smallest absolute Gasteiger partial charge is 0.264 e. The van der Waals surface area contributed by atoms with E-state index in [9.17, 15) is 13.2 Å². The summed E-state index contributed by atoms with van der Waals surface area (Å²) in [4.78, 5) is 17.8. The van der Waals surface area contributed by atoms with E-state index in [1.54, 1.807) is 61.7 Å². The molecule has 0 saturated heterocycles. The van der Waals surface area contributed by atoms with Crippen LogP contribution in [0.15, 0.2) is 59.5 Å². The van der Waals surface area contributed by atoms with Crippen molar-refractivity contribution in [2.75, 3.05) is 25.6 Å². The Bertz CT molecular complexity index is 1160. The number of thiazole rings is 1. The number of nitrogens with one attached hydrogen (secondary N) is 1. The first-order valence-corrected chi connectivity index (χ1v) is 11.8. The van der Waals surface area contributed by atoms with Crippen LogP contribution in [0.4, 0.5) is 5.13 Å². The molecule has 0 saturated carbocycles. The van der Waals surface area contributed by atoms with Gasteiger partial charge in [0, 0.05) is 17.8 Å². The second kappa shape index (κ2) is 9.04. The molecule has 8 nitrogen and oxygen atoms in total. The fraction of sp³-hybridized carbons (Fsp3) is 0.238. The zero-order valence-corrected chi connectivity index (χ0v) is 18.4. The van der Waals surface area contributed by atoms with Crippen LogP contribution in [0.2, 0.25) is 0 Å². The van der Waals surface area contributed by atoms with E-state index in [1.807, 2.05) is 0 Å². The lowest BCUT2D eigenvalue weighted by molar-refractivity contribution is -0.118. The summed E-state index contributed by atoms with van der Waals surface area (Å²) in [6.07, 6.45) is 0.496. The summed E-state index contributed by atoms with van der Waals surface area (Å²) in [5.74, 6) is 0.917. The highest BCUT2D eigenvalue weighted by molar-refractivity contribution is 7.89. The molecule has 1 aromatic heterocycles. The van der Waals surface area contributed by atoms with Crippen molar-refractivity contribution in [1.82, 2.24) is 9.29 Å². The van der Waals surface area contributed by atoms with Crippen molar-refractivity contribution in [2.45, 2.75) is 17.9 Å². The third-order valence-corrected chi connectivity index (χ3v) is 7.61. The number of methoxy groups -OCH3 is 1. The first-order valence-electron chi connectivity index (χ1n) is 9.56. The normalized spacial score (nSPS) is 14.0. The highest BCUT2D eigenvalue weighted by Crippen LogP contribution is 2.31. The summed E-state index contributed by atoms with van der Waals surface area (Å²) in [7, 11) is -1.99. The molecule has 4 rings (SSSR count). The van der Waals surface area contributed by atoms with Gasteiger partial charge in [0.25, 0.3) is 5.91 Å². The van der Waals surface area contributed by atoms with Gasteiger partial charge in [-0.3, -0.25) is 10.1 Å². The van der Waals surface area contributed by atoms with E-state index in [-0.39, 0.29) is 24.0 Å². The van der Waals surface area contributed by atoms with Gasteiger partial charge in [0.15, 0.2) is 11.7 Å². The molecule has 1 aliphatic rings. The van der Waals surface area contributed by atoms with Crippen LogP contribution >= 0.6 is 11.3 Å². The number of fused-ring (bicyclic) bond motifs is 1. The summed E-state index contributed by atoms with van der Waals surface area (Å²) in [5, 5.41) is 3.17.